The molecule has 4 rings (SSSR count). The summed E-state index contributed by atoms with van der Waals surface area (Å²) in [5.74, 6) is 0. The van der Waals surface area contributed by atoms with Gasteiger partial charge in [0.05, 0.1) is 0 Å². The molecule has 2 aromatic heterocycles. The van der Waals surface area contributed by atoms with Crippen molar-refractivity contribution in [1.82, 2.24) is 19.8 Å². The molecule has 31 heavy (non-hydrogen) atoms. The summed E-state index contributed by atoms with van der Waals surface area (Å²) in [5, 5.41) is 0. The van der Waals surface area contributed by atoms with Gasteiger partial charge < -0.3 is 9.80 Å². The second-order valence-electron chi connectivity index (χ2n) is 5.80. The zero-order valence-electron chi connectivity index (χ0n) is 17.0. The molecule has 0 aliphatic carbocycles. The van der Waals surface area contributed by atoms with Crippen LogP contribution in [0.25, 0.3) is 0 Å². The number of hydrogen-bond donors (Lipinski definition) is 0. The molecule has 1 aromatic carbocycles. The van der Waals surface area contributed by atoms with Crippen molar-refractivity contribution in [3.63, 3.8) is 0 Å². The Balaban J connectivity index is 0.000000209. The van der Waals surface area contributed by atoms with E-state index in [1.165, 1.54) is 0 Å². The molecule has 0 bridgehead atoms. The zero-order valence-corrected chi connectivity index (χ0v) is 23.4. The van der Waals surface area contributed by atoms with Gasteiger partial charge in [0.1, 0.15) is 0 Å². The van der Waals surface area contributed by atoms with Crippen LogP contribution in [-0.4, -0.2) is 38.5 Å². The van der Waals surface area contributed by atoms with Crippen LogP contribution in [0, 0.1) is 6.67 Å². The third kappa shape index (κ3) is 16.2. The normalized spacial score (nSPS) is 11.7. The standard InChI is InChI=1S/C7H6.2C5H4BrN.C5H9N2.2ClH.Ru/c1-7-5-3-2-4-6-7;2*6-5-2-1-3-7-4-5;1-6-3-4-7(2)5-6;;;/h1-6H;2*1-4H;3-5H,1-2H3;2*1H;/q;;;-1;;;+2/p-2. The van der Waals surface area contributed by atoms with Crippen LogP contribution in [0.4, 0.5) is 0 Å². The van der Waals surface area contributed by atoms with Gasteiger partial charge in [0, 0.05) is 33.7 Å². The molecule has 9 heteroatoms. The SMILES string of the molecule is Brc1cccnc1.Brc1cccnc1.CN1C=CN(C)[CH-]1.[Cl][Ru]([Cl])=[CH]c1ccccc1. The molecule has 0 N–H and O–H groups in total. The van der Waals surface area contributed by atoms with Gasteiger partial charge in [-0.25, -0.2) is 0 Å². The van der Waals surface area contributed by atoms with E-state index in [4.69, 9.17) is 19.4 Å². The van der Waals surface area contributed by atoms with Crippen LogP contribution < -0.4 is 0 Å². The Kier molecular flexibility index (Phi) is 15.7. The predicted octanol–water partition coefficient (Wildman–Crippen LogP) is 6.90. The molecule has 0 amide bonds. The first kappa shape index (κ1) is 27.9. The number of halogens is 4. The first-order chi connectivity index (χ1) is 14.9. The Labute approximate surface area is 214 Å². The molecule has 0 fully saturated rings. The molecular formula is C22H23Br2Cl2N4Ru-. The minimum atomic E-state index is -1.61. The number of pyridine rings is 2. The van der Waals surface area contributed by atoms with Gasteiger partial charge in [0.2, 0.25) is 0 Å². The molecule has 4 nitrogen and oxygen atoms in total. The molecule has 0 saturated carbocycles. The summed E-state index contributed by atoms with van der Waals surface area (Å²) in [7, 11) is 15.3. The van der Waals surface area contributed by atoms with E-state index >= 15 is 0 Å². The summed E-state index contributed by atoms with van der Waals surface area (Å²) in [6.07, 6.45) is 11.0. The van der Waals surface area contributed by atoms with Crippen LogP contribution in [0.5, 0.6) is 0 Å². The number of aromatic nitrogens is 2. The summed E-state index contributed by atoms with van der Waals surface area (Å²) in [6.45, 7) is 2.00. The molecule has 0 atom stereocenters. The van der Waals surface area contributed by atoms with Crippen molar-refractivity contribution in [2.75, 3.05) is 14.1 Å². The van der Waals surface area contributed by atoms with Gasteiger partial charge in [0.25, 0.3) is 0 Å². The maximum atomic E-state index is 5.67. The Morgan fingerprint density at radius 3 is 1.55 bits per heavy atom. The monoisotopic (exact) mass is 673 g/mol. The van der Waals surface area contributed by atoms with E-state index in [-0.39, 0.29) is 0 Å². The van der Waals surface area contributed by atoms with E-state index in [0.717, 1.165) is 14.5 Å². The second-order valence-corrected chi connectivity index (χ2v) is 13.4. The number of rotatable bonds is 1. The summed E-state index contributed by atoms with van der Waals surface area (Å²) >= 11 is 4.88. The van der Waals surface area contributed by atoms with Gasteiger partial charge in [-0.1, -0.05) is 0 Å². The van der Waals surface area contributed by atoms with E-state index in [9.17, 15) is 0 Å². The van der Waals surface area contributed by atoms with Crippen LogP contribution in [0.15, 0.2) is 101 Å². The first-order valence-corrected chi connectivity index (χ1v) is 15.9. The van der Waals surface area contributed by atoms with Gasteiger partial charge >= 0.3 is 73.4 Å². The summed E-state index contributed by atoms with van der Waals surface area (Å²) < 4.78 is 3.97. The Morgan fingerprint density at radius 2 is 1.29 bits per heavy atom. The summed E-state index contributed by atoms with van der Waals surface area (Å²) in [5.41, 5.74) is 1.12. The number of benzene rings is 1. The quantitative estimate of drug-likeness (QED) is 0.208. The average molecular weight is 675 g/mol. The van der Waals surface area contributed by atoms with Crippen LogP contribution in [0.1, 0.15) is 5.56 Å². The van der Waals surface area contributed by atoms with Gasteiger partial charge in [-0.15, -0.1) is 0 Å². The third-order valence-electron chi connectivity index (χ3n) is 3.15. The minimum absolute atomic E-state index is 1.02. The molecule has 0 saturated heterocycles. The van der Waals surface area contributed by atoms with Gasteiger partial charge in [-0.05, 0) is 82.6 Å². The van der Waals surface area contributed by atoms with E-state index in [0.29, 0.717) is 0 Å². The summed E-state index contributed by atoms with van der Waals surface area (Å²) in [4.78, 5) is 11.7. The van der Waals surface area contributed by atoms with Crippen LogP contribution in [0.2, 0.25) is 0 Å². The van der Waals surface area contributed by atoms with Crippen molar-refractivity contribution in [3.05, 3.63) is 113 Å². The van der Waals surface area contributed by atoms with Crippen LogP contribution in [-0.2, 0) is 13.5 Å². The predicted molar refractivity (Wildman–Crippen MR) is 136 cm³/mol. The Hall–Kier alpha value is -1.11. The van der Waals surface area contributed by atoms with Crippen molar-refractivity contribution in [2.24, 2.45) is 0 Å². The topological polar surface area (TPSA) is 32.3 Å². The van der Waals surface area contributed by atoms with E-state index in [1.807, 2.05) is 102 Å². The average Bonchev–Trinajstić information content (AvgIpc) is 3.13. The molecule has 3 heterocycles. The van der Waals surface area contributed by atoms with Crippen LogP contribution in [0.3, 0.4) is 0 Å². The molecule has 0 unspecified atom stereocenters. The zero-order chi connectivity index (χ0) is 22.9. The van der Waals surface area contributed by atoms with Crippen molar-refractivity contribution in [2.45, 2.75) is 0 Å². The van der Waals surface area contributed by atoms with Gasteiger partial charge in [-0.2, -0.15) is 6.67 Å². The maximum absolute atomic E-state index is 5.67. The number of hydrogen-bond acceptors (Lipinski definition) is 4. The van der Waals surface area contributed by atoms with Gasteiger partial charge in [0.15, 0.2) is 0 Å². The fraction of sp³-hybridized carbons (Fsp3) is 0.0909. The third-order valence-corrected chi connectivity index (χ3v) is 5.96. The molecule has 1 aliphatic heterocycles. The Bertz CT molecular complexity index is 850. The Morgan fingerprint density at radius 1 is 0.806 bits per heavy atom. The van der Waals surface area contributed by atoms with Crippen LogP contribution >= 0.6 is 51.2 Å². The molecule has 0 radical (unpaired) electrons. The van der Waals surface area contributed by atoms with Crippen molar-refractivity contribution in [1.29, 1.82) is 0 Å². The molecule has 1 aliphatic rings. The van der Waals surface area contributed by atoms with Gasteiger partial charge in [-0.3, -0.25) is 9.97 Å². The number of nitrogens with zero attached hydrogens (tertiary/aromatic N) is 4. The van der Waals surface area contributed by atoms with Crippen molar-refractivity contribution >= 4 is 55.9 Å². The summed E-state index contributed by atoms with van der Waals surface area (Å²) in [6, 6.07) is 17.5. The van der Waals surface area contributed by atoms with E-state index in [1.54, 1.807) is 24.8 Å². The molecule has 3 aromatic rings. The molecule has 168 valence electrons. The van der Waals surface area contributed by atoms with Crippen molar-refractivity contribution < 1.29 is 13.5 Å². The molecular weight excluding hydrogens is 652 g/mol. The fourth-order valence-electron chi connectivity index (χ4n) is 1.87. The van der Waals surface area contributed by atoms with Crippen molar-refractivity contribution in [3.8, 4) is 0 Å². The van der Waals surface area contributed by atoms with E-state index < -0.39 is 13.5 Å². The molecule has 0 spiro atoms. The second kappa shape index (κ2) is 17.4. The van der Waals surface area contributed by atoms with E-state index in [2.05, 4.69) is 41.8 Å². The first-order valence-electron chi connectivity index (χ1n) is 8.83. The fourth-order valence-corrected chi connectivity index (χ4v) is 4.24.